The summed E-state index contributed by atoms with van der Waals surface area (Å²) in [6, 6.07) is 8.40. The lowest BCUT2D eigenvalue weighted by Crippen LogP contribution is -2.44. The Morgan fingerprint density at radius 2 is 2.00 bits per heavy atom. The van der Waals surface area contributed by atoms with Gasteiger partial charge >= 0.3 is 0 Å². The van der Waals surface area contributed by atoms with E-state index >= 15 is 0 Å². The number of methoxy groups -OCH3 is 2. The summed E-state index contributed by atoms with van der Waals surface area (Å²) in [7, 11) is 3.49. The van der Waals surface area contributed by atoms with Gasteiger partial charge in [0.15, 0.2) is 0 Å². The molecule has 0 saturated heterocycles. The second-order valence-corrected chi connectivity index (χ2v) is 5.00. The normalized spacial score (nSPS) is 17.2. The van der Waals surface area contributed by atoms with E-state index in [1.807, 2.05) is 6.07 Å². The highest BCUT2D eigenvalue weighted by Crippen LogP contribution is 2.46. The van der Waals surface area contributed by atoms with Gasteiger partial charge in [-0.3, -0.25) is 0 Å². The molecule has 0 aromatic heterocycles. The molecule has 18 heavy (non-hydrogen) atoms. The molecule has 0 radical (unpaired) electrons. The molecule has 3 heteroatoms. The van der Waals surface area contributed by atoms with Gasteiger partial charge in [0.05, 0.1) is 13.7 Å². The highest BCUT2D eigenvalue weighted by Gasteiger charge is 2.40. The van der Waals surface area contributed by atoms with Crippen molar-refractivity contribution < 1.29 is 9.47 Å². The first kappa shape index (κ1) is 13.4. The molecule has 0 heterocycles. The van der Waals surface area contributed by atoms with Gasteiger partial charge in [0.1, 0.15) is 5.75 Å². The third kappa shape index (κ3) is 2.68. The maximum Gasteiger partial charge on any atom is 0.122 e. The van der Waals surface area contributed by atoms with Crippen molar-refractivity contribution in [1.29, 1.82) is 0 Å². The Morgan fingerprint density at radius 1 is 1.22 bits per heavy atom. The van der Waals surface area contributed by atoms with Crippen LogP contribution in [0.5, 0.6) is 5.75 Å². The summed E-state index contributed by atoms with van der Waals surface area (Å²) in [6.07, 6.45) is 3.80. The van der Waals surface area contributed by atoms with Gasteiger partial charge in [-0.2, -0.15) is 0 Å². The van der Waals surface area contributed by atoms with Crippen LogP contribution in [-0.2, 0) is 10.2 Å². The topological polar surface area (TPSA) is 30.5 Å². The monoisotopic (exact) mass is 249 g/mol. The average Bonchev–Trinajstić information content (AvgIpc) is 2.37. The number of hydrogen-bond acceptors (Lipinski definition) is 3. The molecule has 1 aromatic rings. The van der Waals surface area contributed by atoms with E-state index in [0.717, 1.165) is 25.4 Å². The smallest absolute Gasteiger partial charge is 0.122 e. The van der Waals surface area contributed by atoms with Crippen LogP contribution in [0.2, 0.25) is 0 Å². The number of para-hydroxylation sites is 1. The van der Waals surface area contributed by atoms with E-state index in [1.165, 1.54) is 24.8 Å². The fourth-order valence-corrected chi connectivity index (χ4v) is 2.73. The molecule has 1 aromatic carbocycles. The van der Waals surface area contributed by atoms with Crippen molar-refractivity contribution in [2.75, 3.05) is 33.9 Å². The molecule has 0 spiro atoms. The van der Waals surface area contributed by atoms with E-state index in [2.05, 4.69) is 23.5 Å². The van der Waals surface area contributed by atoms with E-state index < -0.39 is 0 Å². The van der Waals surface area contributed by atoms with Gasteiger partial charge in [0, 0.05) is 31.2 Å². The van der Waals surface area contributed by atoms with Crippen LogP contribution in [0.25, 0.3) is 0 Å². The van der Waals surface area contributed by atoms with Crippen LogP contribution in [-0.4, -0.2) is 33.9 Å². The molecule has 0 unspecified atom stereocenters. The van der Waals surface area contributed by atoms with E-state index in [4.69, 9.17) is 9.47 Å². The summed E-state index contributed by atoms with van der Waals surface area (Å²) in [5.41, 5.74) is 1.61. The van der Waals surface area contributed by atoms with E-state index in [0.29, 0.717) is 0 Å². The zero-order valence-electron chi connectivity index (χ0n) is 11.4. The van der Waals surface area contributed by atoms with Crippen LogP contribution >= 0.6 is 0 Å². The van der Waals surface area contributed by atoms with Gasteiger partial charge in [-0.05, 0) is 18.9 Å². The Balaban J connectivity index is 2.06. The fourth-order valence-electron chi connectivity index (χ4n) is 2.73. The molecular formula is C15H23NO2. The standard InChI is InChI=1S/C15H23NO2/c1-17-11-10-16-12-15(8-5-9-15)13-6-3-4-7-14(13)18-2/h3-4,6-7,16H,5,8-12H2,1-2H3. The second-order valence-electron chi connectivity index (χ2n) is 5.00. The highest BCUT2D eigenvalue weighted by molar-refractivity contribution is 5.41. The van der Waals surface area contributed by atoms with Crippen molar-refractivity contribution in [2.24, 2.45) is 0 Å². The maximum absolute atomic E-state index is 5.50. The lowest BCUT2D eigenvalue weighted by atomic mass is 9.64. The molecule has 0 amide bonds. The largest absolute Gasteiger partial charge is 0.496 e. The predicted octanol–water partition coefficient (Wildman–Crippen LogP) is 2.35. The van der Waals surface area contributed by atoms with Gasteiger partial charge in [0.2, 0.25) is 0 Å². The van der Waals surface area contributed by atoms with Gasteiger partial charge in [-0.1, -0.05) is 24.6 Å². The predicted molar refractivity (Wildman–Crippen MR) is 73.3 cm³/mol. The summed E-state index contributed by atoms with van der Waals surface area (Å²) in [4.78, 5) is 0. The third-order valence-corrected chi connectivity index (χ3v) is 3.94. The Morgan fingerprint density at radius 3 is 2.61 bits per heavy atom. The van der Waals surface area contributed by atoms with E-state index in [-0.39, 0.29) is 5.41 Å². The fraction of sp³-hybridized carbons (Fsp3) is 0.600. The van der Waals surface area contributed by atoms with Gasteiger partial charge in [-0.15, -0.1) is 0 Å². The Labute approximate surface area is 109 Å². The molecule has 1 saturated carbocycles. The second kappa shape index (κ2) is 6.21. The van der Waals surface area contributed by atoms with Crippen LogP contribution in [0.4, 0.5) is 0 Å². The summed E-state index contributed by atoms with van der Waals surface area (Å²) in [6.45, 7) is 2.69. The summed E-state index contributed by atoms with van der Waals surface area (Å²) >= 11 is 0. The molecule has 1 aliphatic rings. The summed E-state index contributed by atoms with van der Waals surface area (Å²) in [5.74, 6) is 1.02. The third-order valence-electron chi connectivity index (χ3n) is 3.94. The SMILES string of the molecule is COCCNCC1(c2ccccc2OC)CCC1. The Bertz CT molecular complexity index is 375. The number of ether oxygens (including phenoxy) is 2. The van der Waals surface area contributed by atoms with Crippen molar-refractivity contribution in [1.82, 2.24) is 5.32 Å². The minimum atomic E-state index is 0.264. The molecular weight excluding hydrogens is 226 g/mol. The van der Waals surface area contributed by atoms with Crippen molar-refractivity contribution in [3.05, 3.63) is 29.8 Å². The van der Waals surface area contributed by atoms with Crippen LogP contribution < -0.4 is 10.1 Å². The number of rotatable bonds is 7. The van der Waals surface area contributed by atoms with Crippen LogP contribution in [0, 0.1) is 0 Å². The molecule has 0 bridgehead atoms. The van der Waals surface area contributed by atoms with Crippen molar-refractivity contribution >= 4 is 0 Å². The van der Waals surface area contributed by atoms with Crippen molar-refractivity contribution in [2.45, 2.75) is 24.7 Å². The number of nitrogens with one attached hydrogen (secondary N) is 1. The van der Waals surface area contributed by atoms with Gasteiger partial charge in [0.25, 0.3) is 0 Å². The Hall–Kier alpha value is -1.06. The van der Waals surface area contributed by atoms with Gasteiger partial charge < -0.3 is 14.8 Å². The zero-order valence-corrected chi connectivity index (χ0v) is 11.4. The van der Waals surface area contributed by atoms with Crippen molar-refractivity contribution in [3.63, 3.8) is 0 Å². The first-order valence-corrected chi connectivity index (χ1v) is 6.65. The maximum atomic E-state index is 5.50. The highest BCUT2D eigenvalue weighted by atomic mass is 16.5. The molecule has 1 fully saturated rings. The van der Waals surface area contributed by atoms with Crippen LogP contribution in [0.15, 0.2) is 24.3 Å². The lowest BCUT2D eigenvalue weighted by molar-refractivity contribution is 0.183. The quantitative estimate of drug-likeness (QED) is 0.752. The minimum Gasteiger partial charge on any atom is -0.496 e. The van der Waals surface area contributed by atoms with Crippen LogP contribution in [0.3, 0.4) is 0 Å². The molecule has 1 N–H and O–H groups in total. The molecule has 0 atom stereocenters. The molecule has 3 nitrogen and oxygen atoms in total. The van der Waals surface area contributed by atoms with Crippen molar-refractivity contribution in [3.8, 4) is 5.75 Å². The summed E-state index contributed by atoms with van der Waals surface area (Å²) in [5, 5.41) is 3.50. The first-order chi connectivity index (χ1) is 8.82. The minimum absolute atomic E-state index is 0.264. The van der Waals surface area contributed by atoms with E-state index in [9.17, 15) is 0 Å². The number of benzene rings is 1. The summed E-state index contributed by atoms with van der Waals surface area (Å²) < 4.78 is 10.6. The molecule has 1 aliphatic carbocycles. The molecule has 0 aliphatic heterocycles. The van der Waals surface area contributed by atoms with Gasteiger partial charge in [-0.25, -0.2) is 0 Å². The van der Waals surface area contributed by atoms with E-state index in [1.54, 1.807) is 14.2 Å². The average molecular weight is 249 g/mol. The molecule has 2 rings (SSSR count). The zero-order chi connectivity index (χ0) is 12.8. The molecule has 100 valence electrons. The van der Waals surface area contributed by atoms with Crippen LogP contribution in [0.1, 0.15) is 24.8 Å². The first-order valence-electron chi connectivity index (χ1n) is 6.65. The Kier molecular flexibility index (Phi) is 4.61. The number of hydrogen-bond donors (Lipinski definition) is 1. The lowest BCUT2D eigenvalue weighted by Gasteiger charge is -2.43.